The van der Waals surface area contributed by atoms with Crippen LogP contribution in [0.3, 0.4) is 0 Å². The summed E-state index contributed by atoms with van der Waals surface area (Å²) in [6.45, 7) is 2.80. The van der Waals surface area contributed by atoms with Gasteiger partial charge in [-0.15, -0.1) is 53.0 Å². The monoisotopic (exact) mass is 737 g/mol. The molecule has 0 spiro atoms. The van der Waals surface area contributed by atoms with Crippen LogP contribution >= 0.6 is 59.7 Å². The molecule has 254 valence electrons. The second kappa shape index (κ2) is 17.0. The first-order valence-corrected chi connectivity index (χ1v) is 17.1. The van der Waals surface area contributed by atoms with Gasteiger partial charge in [0.1, 0.15) is 17.1 Å². The zero-order valence-corrected chi connectivity index (χ0v) is 29.5. The molecule has 1 aliphatic carbocycles. The Hall–Kier alpha value is -2.64. The van der Waals surface area contributed by atoms with Crippen molar-refractivity contribution in [2.24, 2.45) is 5.92 Å². The third-order valence-corrected chi connectivity index (χ3v) is 10.5. The van der Waals surface area contributed by atoms with Gasteiger partial charge < -0.3 is 25.4 Å². The molecule has 4 heterocycles. The molecule has 5 rings (SSSR count). The van der Waals surface area contributed by atoms with Crippen LogP contribution in [-0.4, -0.2) is 109 Å². The second-order valence-electron chi connectivity index (χ2n) is 10.9. The fraction of sp³-hybridized carbons (Fsp3) is 0.615. The van der Waals surface area contributed by atoms with Crippen LogP contribution in [0.5, 0.6) is 0 Å². The summed E-state index contributed by atoms with van der Waals surface area (Å²) in [5.74, 6) is -1.46. The van der Waals surface area contributed by atoms with Crippen LogP contribution in [0.4, 0.5) is 5.13 Å². The van der Waals surface area contributed by atoms with Gasteiger partial charge in [0.25, 0.3) is 5.91 Å². The maximum Gasteiger partial charge on any atom is 0.358 e. The van der Waals surface area contributed by atoms with E-state index in [9.17, 15) is 19.2 Å². The highest BCUT2D eigenvalue weighted by Crippen LogP contribution is 2.42. The van der Waals surface area contributed by atoms with E-state index in [-0.39, 0.29) is 54.7 Å². The Kier molecular flexibility index (Phi) is 13.9. The maximum absolute atomic E-state index is 13.6. The number of nitrogens with zero attached hydrogens (tertiary/aromatic N) is 7. The van der Waals surface area contributed by atoms with Crippen molar-refractivity contribution in [3.05, 3.63) is 22.3 Å². The summed E-state index contributed by atoms with van der Waals surface area (Å²) >= 11 is 4.01. The predicted molar refractivity (Wildman–Crippen MR) is 177 cm³/mol. The van der Waals surface area contributed by atoms with Crippen molar-refractivity contribution < 1.29 is 28.7 Å². The molecular formula is C26H37Cl2N9O6S3. The maximum atomic E-state index is 13.6. The molecule has 0 bridgehead atoms. The first-order valence-electron chi connectivity index (χ1n) is 14.2. The van der Waals surface area contributed by atoms with Crippen LogP contribution in [0, 0.1) is 5.92 Å². The minimum atomic E-state index is -1.14. The van der Waals surface area contributed by atoms with Gasteiger partial charge in [-0.3, -0.25) is 19.3 Å². The van der Waals surface area contributed by atoms with Crippen LogP contribution in [-0.2, 0) is 41.6 Å². The number of anilines is 1. The van der Waals surface area contributed by atoms with Gasteiger partial charge in [-0.05, 0) is 42.9 Å². The average Bonchev–Trinajstić information content (AvgIpc) is 3.76. The summed E-state index contributed by atoms with van der Waals surface area (Å²) < 4.78 is 12.7. The number of thioether (sulfide) groups is 2. The summed E-state index contributed by atoms with van der Waals surface area (Å²) in [7, 11) is 3.91. The van der Waals surface area contributed by atoms with Crippen LogP contribution in [0.25, 0.3) is 0 Å². The van der Waals surface area contributed by atoms with Crippen LogP contribution in [0.15, 0.2) is 21.8 Å². The van der Waals surface area contributed by atoms with E-state index in [2.05, 4.69) is 25.8 Å². The summed E-state index contributed by atoms with van der Waals surface area (Å²) in [4.78, 5) is 59.7. The predicted octanol–water partition coefficient (Wildman–Crippen LogP) is 1.73. The largest absolute Gasteiger partial charge is 0.425 e. The molecule has 1 saturated heterocycles. The fourth-order valence-corrected chi connectivity index (χ4v) is 8.07. The number of esters is 2. The van der Waals surface area contributed by atoms with Crippen molar-refractivity contribution in [3.8, 4) is 0 Å². The Morgan fingerprint density at radius 3 is 2.63 bits per heavy atom. The number of nitrogens with two attached hydrogens (primary N) is 1. The first kappa shape index (κ1) is 37.8. The third-order valence-electron chi connectivity index (χ3n) is 7.35. The molecule has 46 heavy (non-hydrogen) atoms. The second-order valence-corrected chi connectivity index (χ2v) is 13.9. The van der Waals surface area contributed by atoms with Crippen molar-refractivity contribution in [1.29, 1.82) is 0 Å². The molecule has 1 saturated carbocycles. The minimum Gasteiger partial charge on any atom is -0.425 e. The number of nitrogen functional groups attached to an aromatic ring is 1. The lowest BCUT2D eigenvalue weighted by molar-refractivity contribution is -0.187. The molecule has 2 fully saturated rings. The summed E-state index contributed by atoms with van der Waals surface area (Å²) in [5, 5.41) is 16.8. The van der Waals surface area contributed by atoms with Gasteiger partial charge >= 0.3 is 11.9 Å². The number of hydrogen-bond donors (Lipinski definition) is 2. The van der Waals surface area contributed by atoms with E-state index < -0.39 is 29.6 Å². The zero-order valence-electron chi connectivity index (χ0n) is 25.4. The number of fused-ring (bicyclic) bond motifs is 1. The molecular weight excluding hydrogens is 701 g/mol. The van der Waals surface area contributed by atoms with Crippen molar-refractivity contribution in [1.82, 2.24) is 40.3 Å². The fourth-order valence-electron chi connectivity index (χ4n) is 5.11. The van der Waals surface area contributed by atoms with Gasteiger partial charge in [-0.2, -0.15) is 0 Å². The standard InChI is InChI=1S/C26H35N9O6S3.2ClH/c1-14(40-23(38)15-6-4-5-7-15)41-24(39)20-16(12-44-26-30-31-32-34(26)9-8-33(2)3)11-42-22-19(21(37)35(20)22)29-18(36)10-17-13-43-25(27)28-17;;/h13-15,19,22H,4-12H2,1-3H3,(H2,27,28)(H,29,36);2*1H/t14?,19-,22+;;/m1../s1. The summed E-state index contributed by atoms with van der Waals surface area (Å²) in [6.07, 6.45) is 2.28. The number of thiazole rings is 1. The molecule has 2 aromatic heterocycles. The number of nitrogens with one attached hydrogen (secondary N) is 1. The van der Waals surface area contributed by atoms with Crippen LogP contribution < -0.4 is 11.1 Å². The zero-order chi connectivity index (χ0) is 31.4. The molecule has 15 nitrogen and oxygen atoms in total. The Bertz CT molecular complexity index is 1440. The molecule has 2 amide bonds. The highest BCUT2D eigenvalue weighted by Gasteiger charge is 2.54. The van der Waals surface area contributed by atoms with E-state index in [1.54, 1.807) is 10.1 Å². The first-order chi connectivity index (χ1) is 21.1. The summed E-state index contributed by atoms with van der Waals surface area (Å²) in [6, 6.07) is -0.823. The van der Waals surface area contributed by atoms with Crippen molar-refractivity contribution in [3.63, 3.8) is 0 Å². The number of likely N-dealkylation sites (N-methyl/N-ethyl adjacent to an activating group) is 1. The van der Waals surface area contributed by atoms with Crippen molar-refractivity contribution in [2.75, 3.05) is 37.9 Å². The third kappa shape index (κ3) is 9.03. The Labute approximate surface area is 290 Å². The quantitative estimate of drug-likeness (QED) is 0.131. The normalized spacial score (nSPS) is 19.9. The van der Waals surface area contributed by atoms with E-state index in [0.717, 1.165) is 32.2 Å². The molecule has 3 N–H and O–H groups in total. The Morgan fingerprint density at radius 1 is 1.22 bits per heavy atom. The topological polar surface area (TPSA) is 188 Å². The number of rotatable bonds is 13. The number of tetrazole rings is 1. The average molecular weight is 739 g/mol. The number of halogens is 2. The Balaban J connectivity index is 0.00000288. The molecule has 2 aromatic rings. The lowest BCUT2D eigenvalue weighted by Gasteiger charge is -2.49. The van der Waals surface area contributed by atoms with Crippen molar-refractivity contribution >= 4 is 88.6 Å². The van der Waals surface area contributed by atoms with E-state index in [1.165, 1.54) is 46.7 Å². The molecule has 20 heteroatoms. The SMILES string of the molecule is CC(OC(=O)C1=C(CSc2nnnn2CCN(C)C)CS[C@H]2[C@H](NC(=O)Cc3csc(N)n3)C(=O)N12)OC(=O)C1CCCC1.Cl.Cl. The molecule has 2 aliphatic heterocycles. The molecule has 0 radical (unpaired) electrons. The number of carbonyl (C=O) groups excluding carboxylic acids is 4. The van der Waals surface area contributed by atoms with Gasteiger partial charge in [0.15, 0.2) is 5.13 Å². The highest BCUT2D eigenvalue weighted by molar-refractivity contribution is 8.01. The van der Waals surface area contributed by atoms with E-state index >= 15 is 0 Å². The van der Waals surface area contributed by atoms with Crippen LogP contribution in [0.1, 0.15) is 38.3 Å². The molecule has 3 aliphatic rings. The highest BCUT2D eigenvalue weighted by atomic mass is 35.5. The summed E-state index contributed by atoms with van der Waals surface area (Å²) in [5.41, 5.74) is 6.91. The van der Waals surface area contributed by atoms with E-state index in [4.69, 9.17) is 15.2 Å². The smallest absolute Gasteiger partial charge is 0.358 e. The minimum absolute atomic E-state index is 0. The van der Waals surface area contributed by atoms with Gasteiger partial charge in [0.05, 0.1) is 24.6 Å². The van der Waals surface area contributed by atoms with Gasteiger partial charge in [-0.1, -0.05) is 24.6 Å². The lowest BCUT2D eigenvalue weighted by atomic mass is 10.0. The molecule has 1 unspecified atom stereocenters. The van der Waals surface area contributed by atoms with Gasteiger partial charge in [0.2, 0.25) is 17.4 Å². The number of β-lactam (4-membered cyclic amide) rings is 1. The number of carbonyl (C=O) groups is 4. The lowest BCUT2D eigenvalue weighted by Crippen LogP contribution is -2.70. The number of ether oxygens (including phenoxy) is 2. The van der Waals surface area contributed by atoms with Crippen molar-refractivity contribution in [2.45, 2.75) is 68.4 Å². The van der Waals surface area contributed by atoms with Gasteiger partial charge in [-0.25, -0.2) is 14.5 Å². The molecule has 0 aromatic carbocycles. The number of aromatic nitrogens is 5. The van der Waals surface area contributed by atoms with E-state index in [1.807, 2.05) is 19.0 Å². The number of hydrogen-bond acceptors (Lipinski definition) is 15. The Morgan fingerprint density at radius 2 is 1.96 bits per heavy atom. The van der Waals surface area contributed by atoms with E-state index in [0.29, 0.717) is 39.6 Å². The molecule has 3 atom stereocenters. The van der Waals surface area contributed by atoms with Gasteiger partial charge in [0, 0.05) is 30.4 Å². The number of amides is 2. The van der Waals surface area contributed by atoms with Crippen LogP contribution in [0.2, 0.25) is 0 Å².